The highest BCUT2D eigenvalue weighted by atomic mass is 16.5. The predicted octanol–water partition coefficient (Wildman–Crippen LogP) is 5.31. The molecule has 0 saturated heterocycles. The molecule has 0 aliphatic carbocycles. The Morgan fingerprint density at radius 3 is 1.89 bits per heavy atom. The Balaban J connectivity index is 0.000000330. The van der Waals surface area contributed by atoms with Crippen LogP contribution in [0, 0.1) is 38.5 Å². The van der Waals surface area contributed by atoms with Crippen molar-refractivity contribution in [2.24, 2.45) is 0 Å². The second-order valence-corrected chi connectivity index (χ2v) is 7.27. The van der Waals surface area contributed by atoms with Gasteiger partial charge < -0.3 is 14.0 Å². The van der Waals surface area contributed by atoms with Crippen molar-refractivity contribution in [3.8, 4) is 30.6 Å². The normalized spacial score (nSPS) is 9.46. The maximum Gasteiger partial charge on any atom is 0.267 e. The van der Waals surface area contributed by atoms with E-state index in [2.05, 4.69) is 26.8 Å². The topological polar surface area (TPSA) is 79.1 Å². The number of ether oxygens (including phenoxy) is 2. The summed E-state index contributed by atoms with van der Waals surface area (Å²) in [6, 6.07) is 0. The average Bonchev–Trinajstić information content (AvgIpc) is 2.94. The summed E-state index contributed by atoms with van der Waals surface area (Å²) in [7, 11) is 3.16. The first-order valence-corrected chi connectivity index (χ1v) is 12.1. The van der Waals surface area contributed by atoms with Crippen LogP contribution in [0.2, 0.25) is 0 Å². The van der Waals surface area contributed by atoms with Gasteiger partial charge >= 0.3 is 0 Å². The van der Waals surface area contributed by atoms with Gasteiger partial charge in [-0.25, -0.2) is 4.98 Å². The molecule has 0 saturated carbocycles. The van der Waals surface area contributed by atoms with Crippen LogP contribution in [0.25, 0.3) is 21.5 Å². The fraction of sp³-hybridized carbons (Fsp3) is 0.333. The van der Waals surface area contributed by atoms with Gasteiger partial charge in [0.2, 0.25) is 5.88 Å². The first-order chi connectivity index (χ1) is 18.0. The zero-order valence-corrected chi connectivity index (χ0v) is 23.0. The molecule has 4 rings (SSSR count). The minimum Gasteiger partial charge on any atom is -0.480 e. The van der Waals surface area contributed by atoms with Crippen molar-refractivity contribution in [1.29, 1.82) is 0 Å². The van der Waals surface area contributed by atoms with Crippen molar-refractivity contribution < 1.29 is 9.47 Å². The summed E-state index contributed by atoms with van der Waals surface area (Å²) in [6.45, 7) is 12.8. The van der Waals surface area contributed by atoms with Gasteiger partial charge in [0, 0.05) is 72.4 Å². The lowest BCUT2D eigenvalue weighted by Gasteiger charge is -2.10. The van der Waals surface area contributed by atoms with E-state index < -0.39 is 0 Å². The van der Waals surface area contributed by atoms with E-state index in [0.29, 0.717) is 30.2 Å². The van der Waals surface area contributed by atoms with Crippen LogP contribution in [0.3, 0.4) is 0 Å². The number of hydrogen-bond donors (Lipinski definition) is 0. The molecular formula is C30H36N4O3. The smallest absolute Gasteiger partial charge is 0.267 e. The zero-order chi connectivity index (χ0) is 28.0. The third-order valence-corrected chi connectivity index (χ3v) is 5.15. The minimum absolute atomic E-state index is 0.156. The summed E-state index contributed by atoms with van der Waals surface area (Å²) in [4.78, 5) is 24.6. The van der Waals surface area contributed by atoms with E-state index in [1.807, 2.05) is 41.5 Å². The van der Waals surface area contributed by atoms with Crippen molar-refractivity contribution in [1.82, 2.24) is 19.5 Å². The lowest BCUT2D eigenvalue weighted by molar-refractivity contribution is 0.186. The molecule has 0 aliphatic rings. The minimum atomic E-state index is -0.156. The molecule has 0 aliphatic heterocycles. The number of fused-ring (bicyclic) bond motifs is 2. The Morgan fingerprint density at radius 1 is 0.838 bits per heavy atom. The van der Waals surface area contributed by atoms with Gasteiger partial charge in [-0.1, -0.05) is 39.5 Å². The highest BCUT2D eigenvalue weighted by Gasteiger charge is 2.11. The van der Waals surface area contributed by atoms with Gasteiger partial charge in [-0.15, -0.1) is 12.8 Å². The van der Waals surface area contributed by atoms with Crippen LogP contribution in [0.15, 0.2) is 42.0 Å². The van der Waals surface area contributed by atoms with E-state index in [9.17, 15) is 4.79 Å². The average molecular weight is 501 g/mol. The van der Waals surface area contributed by atoms with Gasteiger partial charge in [0.1, 0.15) is 0 Å². The van der Waals surface area contributed by atoms with E-state index in [4.69, 9.17) is 22.3 Å². The summed E-state index contributed by atoms with van der Waals surface area (Å²) in [6.07, 6.45) is 21.4. The lowest BCUT2D eigenvalue weighted by atomic mass is 10.1. The molecule has 0 atom stereocenters. The molecule has 0 spiro atoms. The fourth-order valence-electron chi connectivity index (χ4n) is 3.61. The molecule has 0 aromatic carbocycles. The summed E-state index contributed by atoms with van der Waals surface area (Å²) in [5.74, 6) is 5.59. The molecule has 4 aromatic rings. The van der Waals surface area contributed by atoms with Crippen LogP contribution in [0.5, 0.6) is 5.88 Å². The summed E-state index contributed by atoms with van der Waals surface area (Å²) < 4.78 is 11.7. The van der Waals surface area contributed by atoms with Crippen molar-refractivity contribution in [2.45, 2.75) is 48.1 Å². The standard InChI is InChI=1S/C14H14N2O2.C12H10N2O.2C2H6/c1-4-12-13-10(2)7-15-8-11(13)9-16(14(12)17)5-6-18-3;1-4-10-11-8(2)5-13-6-9(11)7-14-12(10)15-3;2*1-2/h1,7-9H,5-6H2,2-3H3;1,5-7H,2-3H3;2*1-2H3. The third-order valence-electron chi connectivity index (χ3n) is 5.15. The fourth-order valence-corrected chi connectivity index (χ4v) is 3.61. The van der Waals surface area contributed by atoms with Crippen molar-refractivity contribution in [3.63, 3.8) is 0 Å². The number of terminal acetylenes is 2. The number of pyridine rings is 4. The third kappa shape index (κ3) is 7.16. The zero-order valence-electron chi connectivity index (χ0n) is 23.0. The van der Waals surface area contributed by atoms with E-state index in [-0.39, 0.29) is 5.56 Å². The van der Waals surface area contributed by atoms with Crippen LogP contribution < -0.4 is 10.3 Å². The Kier molecular flexibility index (Phi) is 13.1. The predicted molar refractivity (Wildman–Crippen MR) is 152 cm³/mol. The molecule has 194 valence electrons. The number of nitrogens with zero attached hydrogens (tertiary/aromatic N) is 4. The summed E-state index contributed by atoms with van der Waals surface area (Å²) >= 11 is 0. The van der Waals surface area contributed by atoms with Gasteiger partial charge in [-0.05, 0) is 25.0 Å². The van der Waals surface area contributed by atoms with Crippen LogP contribution in [0.1, 0.15) is 49.9 Å². The quantitative estimate of drug-likeness (QED) is 0.353. The number of hydrogen-bond acceptors (Lipinski definition) is 6. The van der Waals surface area contributed by atoms with E-state index >= 15 is 0 Å². The molecule has 0 radical (unpaired) electrons. The monoisotopic (exact) mass is 500 g/mol. The Bertz CT molecular complexity index is 1460. The molecular weight excluding hydrogens is 464 g/mol. The number of methoxy groups -OCH3 is 2. The van der Waals surface area contributed by atoms with Gasteiger partial charge in [-0.2, -0.15) is 0 Å². The maximum atomic E-state index is 12.2. The summed E-state index contributed by atoms with van der Waals surface area (Å²) in [5, 5.41) is 3.60. The molecule has 0 N–H and O–H groups in total. The van der Waals surface area contributed by atoms with E-state index in [1.54, 1.807) is 56.0 Å². The SMILES string of the molecule is C#Cc1c(=O)n(CCOC)cc2cncc(C)c12.C#Cc1c(OC)ncc2cncc(C)c12.CC.CC. The maximum absolute atomic E-state index is 12.2. The van der Waals surface area contributed by atoms with E-state index in [1.165, 1.54) is 0 Å². The van der Waals surface area contributed by atoms with Gasteiger partial charge in [0.05, 0.1) is 24.8 Å². The Labute approximate surface area is 219 Å². The van der Waals surface area contributed by atoms with Crippen LogP contribution >= 0.6 is 0 Å². The van der Waals surface area contributed by atoms with Gasteiger partial charge in [0.15, 0.2) is 0 Å². The second kappa shape index (κ2) is 15.7. The van der Waals surface area contributed by atoms with Crippen LogP contribution in [0.4, 0.5) is 0 Å². The molecule has 0 amide bonds. The lowest BCUT2D eigenvalue weighted by Crippen LogP contribution is -2.24. The second-order valence-electron chi connectivity index (χ2n) is 7.27. The van der Waals surface area contributed by atoms with Gasteiger partial charge in [-0.3, -0.25) is 14.8 Å². The number of aromatic nitrogens is 4. The van der Waals surface area contributed by atoms with Crippen molar-refractivity contribution >= 4 is 21.5 Å². The highest BCUT2D eigenvalue weighted by Crippen LogP contribution is 2.26. The first kappa shape index (κ1) is 30.8. The van der Waals surface area contributed by atoms with Crippen molar-refractivity contribution in [2.75, 3.05) is 20.8 Å². The number of aryl methyl sites for hydroxylation is 2. The Hall–Kier alpha value is -4.20. The molecule has 0 bridgehead atoms. The molecule has 7 nitrogen and oxygen atoms in total. The van der Waals surface area contributed by atoms with Crippen LogP contribution in [-0.2, 0) is 11.3 Å². The van der Waals surface area contributed by atoms with E-state index in [0.717, 1.165) is 32.7 Å². The van der Waals surface area contributed by atoms with Gasteiger partial charge in [0.25, 0.3) is 5.56 Å². The molecule has 4 aromatic heterocycles. The highest BCUT2D eigenvalue weighted by molar-refractivity contribution is 5.91. The first-order valence-electron chi connectivity index (χ1n) is 12.1. The summed E-state index contributed by atoms with van der Waals surface area (Å²) in [5.41, 5.74) is 2.87. The molecule has 0 fully saturated rings. The Morgan fingerprint density at radius 2 is 1.38 bits per heavy atom. The van der Waals surface area contributed by atoms with Crippen LogP contribution in [-0.4, -0.2) is 40.3 Å². The largest absolute Gasteiger partial charge is 0.480 e. The molecule has 37 heavy (non-hydrogen) atoms. The molecule has 7 heteroatoms. The molecule has 4 heterocycles. The molecule has 0 unspecified atom stereocenters. The van der Waals surface area contributed by atoms with Crippen molar-refractivity contribution in [3.05, 3.63) is 69.8 Å². The number of rotatable bonds is 4.